The molecule has 3 aromatic carbocycles. The normalized spacial score (nSPS) is 14.9. The lowest BCUT2D eigenvalue weighted by Crippen LogP contribution is -2.31. The van der Waals surface area contributed by atoms with E-state index in [2.05, 4.69) is 0 Å². The molecule has 0 saturated carbocycles. The van der Waals surface area contributed by atoms with Crippen molar-refractivity contribution < 1.29 is 18.7 Å². The van der Waals surface area contributed by atoms with Crippen molar-refractivity contribution in [2.24, 2.45) is 0 Å². The fourth-order valence-corrected chi connectivity index (χ4v) is 4.75. The lowest BCUT2D eigenvalue weighted by atomic mass is 9.97. The van der Waals surface area contributed by atoms with Gasteiger partial charge in [-0.1, -0.05) is 47.5 Å². The number of nitrogens with zero attached hydrogens (tertiary/aromatic N) is 1. The van der Waals surface area contributed by atoms with Crippen molar-refractivity contribution in [3.05, 3.63) is 104 Å². The molecule has 35 heavy (non-hydrogen) atoms. The Morgan fingerprint density at radius 2 is 1.57 bits per heavy atom. The number of amides is 1. The van der Waals surface area contributed by atoms with Crippen LogP contribution in [0.4, 0.5) is 0 Å². The molecule has 0 spiro atoms. The molecule has 6 heteroatoms. The average molecular weight is 470 g/mol. The second-order valence-corrected chi connectivity index (χ2v) is 8.92. The van der Waals surface area contributed by atoms with Gasteiger partial charge in [-0.2, -0.15) is 0 Å². The molecule has 0 saturated heterocycles. The van der Waals surface area contributed by atoms with Crippen LogP contribution in [0.1, 0.15) is 44.4 Å². The Bertz CT molecular complexity index is 1490. The Balaban J connectivity index is 1.58. The average Bonchev–Trinajstić information content (AvgIpc) is 3.15. The zero-order valence-electron chi connectivity index (χ0n) is 20.3. The fourth-order valence-electron chi connectivity index (χ4n) is 4.75. The van der Waals surface area contributed by atoms with Gasteiger partial charge in [0.1, 0.15) is 5.58 Å². The Kier molecular flexibility index (Phi) is 5.81. The van der Waals surface area contributed by atoms with Crippen LogP contribution < -0.4 is 14.9 Å². The molecule has 178 valence electrons. The van der Waals surface area contributed by atoms with Crippen molar-refractivity contribution in [1.29, 1.82) is 0 Å². The predicted octanol–water partition coefficient (Wildman–Crippen LogP) is 5.21. The van der Waals surface area contributed by atoms with E-state index in [-0.39, 0.29) is 17.1 Å². The Hall–Kier alpha value is -4.06. The number of ether oxygens (including phenoxy) is 2. The lowest BCUT2D eigenvalue weighted by Gasteiger charge is -2.25. The number of methoxy groups -OCH3 is 2. The zero-order chi connectivity index (χ0) is 24.7. The van der Waals surface area contributed by atoms with Gasteiger partial charge in [-0.25, -0.2) is 0 Å². The molecule has 0 aliphatic carbocycles. The van der Waals surface area contributed by atoms with Crippen LogP contribution in [-0.2, 0) is 6.42 Å². The van der Waals surface area contributed by atoms with E-state index in [0.29, 0.717) is 41.0 Å². The second-order valence-electron chi connectivity index (χ2n) is 8.92. The molecule has 0 fully saturated rings. The van der Waals surface area contributed by atoms with Crippen molar-refractivity contribution in [1.82, 2.24) is 4.90 Å². The number of aryl methyl sites for hydroxylation is 2. The minimum absolute atomic E-state index is 0.129. The summed E-state index contributed by atoms with van der Waals surface area (Å²) in [5.41, 5.74) is 4.63. The number of benzene rings is 3. The molecule has 0 unspecified atom stereocenters. The van der Waals surface area contributed by atoms with Crippen LogP contribution in [0.15, 0.2) is 69.9 Å². The maximum Gasteiger partial charge on any atom is 0.290 e. The van der Waals surface area contributed by atoms with Crippen LogP contribution in [0.3, 0.4) is 0 Å². The summed E-state index contributed by atoms with van der Waals surface area (Å²) in [5.74, 6) is 1.14. The van der Waals surface area contributed by atoms with Crippen LogP contribution in [0.5, 0.6) is 11.5 Å². The summed E-state index contributed by atoms with van der Waals surface area (Å²) in [6.45, 7) is 4.35. The van der Waals surface area contributed by atoms with E-state index in [0.717, 1.165) is 22.3 Å². The number of hydrogen-bond donors (Lipinski definition) is 0. The third-order valence-electron chi connectivity index (χ3n) is 6.60. The number of fused-ring (bicyclic) bond motifs is 2. The Morgan fingerprint density at radius 1 is 0.857 bits per heavy atom. The van der Waals surface area contributed by atoms with Crippen molar-refractivity contribution in [2.75, 3.05) is 20.8 Å². The van der Waals surface area contributed by atoms with Gasteiger partial charge in [-0.05, 0) is 55.7 Å². The summed E-state index contributed by atoms with van der Waals surface area (Å²) in [6, 6.07) is 18.6. The topological polar surface area (TPSA) is 69.0 Å². The van der Waals surface area contributed by atoms with E-state index < -0.39 is 6.04 Å². The van der Waals surface area contributed by atoms with Gasteiger partial charge in [-0.15, -0.1) is 0 Å². The first-order chi connectivity index (χ1) is 16.9. The van der Waals surface area contributed by atoms with Gasteiger partial charge in [0.05, 0.1) is 31.2 Å². The summed E-state index contributed by atoms with van der Waals surface area (Å²) in [7, 11) is 3.19. The van der Waals surface area contributed by atoms with Gasteiger partial charge in [0.15, 0.2) is 16.9 Å². The molecule has 1 aliphatic heterocycles. The van der Waals surface area contributed by atoms with Crippen molar-refractivity contribution in [3.63, 3.8) is 0 Å². The number of hydrogen-bond acceptors (Lipinski definition) is 5. The summed E-state index contributed by atoms with van der Waals surface area (Å²) in [6.07, 6.45) is 0.579. The van der Waals surface area contributed by atoms with E-state index in [4.69, 9.17) is 13.9 Å². The molecule has 1 amide bonds. The molecule has 6 nitrogen and oxygen atoms in total. The molecular formula is C29H27NO5. The summed E-state index contributed by atoms with van der Waals surface area (Å²) >= 11 is 0. The molecule has 1 atom stereocenters. The van der Waals surface area contributed by atoms with Crippen LogP contribution in [-0.4, -0.2) is 31.6 Å². The van der Waals surface area contributed by atoms with Crippen LogP contribution in [0.25, 0.3) is 11.0 Å². The first-order valence-electron chi connectivity index (χ1n) is 11.6. The van der Waals surface area contributed by atoms with Gasteiger partial charge < -0.3 is 18.8 Å². The highest BCUT2D eigenvalue weighted by Crippen LogP contribution is 2.38. The van der Waals surface area contributed by atoms with E-state index in [1.165, 1.54) is 0 Å². The molecule has 0 N–H and O–H groups in total. The summed E-state index contributed by atoms with van der Waals surface area (Å²) < 4.78 is 16.8. The quantitative estimate of drug-likeness (QED) is 0.388. The predicted molar refractivity (Wildman–Crippen MR) is 135 cm³/mol. The highest BCUT2D eigenvalue weighted by Gasteiger charge is 2.42. The van der Waals surface area contributed by atoms with Gasteiger partial charge in [0, 0.05) is 6.54 Å². The third-order valence-corrected chi connectivity index (χ3v) is 6.60. The third kappa shape index (κ3) is 3.95. The van der Waals surface area contributed by atoms with Gasteiger partial charge in [-0.3, -0.25) is 9.59 Å². The van der Waals surface area contributed by atoms with E-state index in [1.54, 1.807) is 25.2 Å². The maximum absolute atomic E-state index is 13.7. The van der Waals surface area contributed by atoms with E-state index >= 15 is 0 Å². The first-order valence-corrected chi connectivity index (χ1v) is 11.6. The Labute approximate surface area is 203 Å². The minimum Gasteiger partial charge on any atom is -0.493 e. The highest BCUT2D eigenvalue weighted by molar-refractivity contribution is 5.99. The first kappa shape index (κ1) is 22.7. The molecule has 2 heterocycles. The summed E-state index contributed by atoms with van der Waals surface area (Å²) in [5, 5.41) is 0.496. The second kappa shape index (κ2) is 8.95. The molecule has 0 radical (unpaired) electrons. The molecule has 1 aromatic heterocycles. The van der Waals surface area contributed by atoms with Crippen molar-refractivity contribution in [2.45, 2.75) is 26.3 Å². The Morgan fingerprint density at radius 3 is 2.29 bits per heavy atom. The van der Waals surface area contributed by atoms with Crippen molar-refractivity contribution >= 4 is 16.9 Å². The van der Waals surface area contributed by atoms with Crippen LogP contribution >= 0.6 is 0 Å². The van der Waals surface area contributed by atoms with Gasteiger partial charge >= 0.3 is 0 Å². The minimum atomic E-state index is -0.514. The molecule has 4 aromatic rings. The zero-order valence-corrected chi connectivity index (χ0v) is 20.3. The van der Waals surface area contributed by atoms with Crippen LogP contribution in [0.2, 0.25) is 0 Å². The number of carbonyl (C=O) groups is 1. The standard InChI is InChI=1S/C29H27NO5/c1-17-5-9-20(10-6-17)26-25-27(31)21-15-18(2)7-11-22(21)35-28(25)29(32)30(26)14-13-19-8-12-23(33-3)24(16-19)34-4/h5-12,15-16,26H,13-14H2,1-4H3/t26-/m1/s1. The highest BCUT2D eigenvalue weighted by atomic mass is 16.5. The van der Waals surface area contributed by atoms with E-state index in [9.17, 15) is 9.59 Å². The number of carbonyl (C=O) groups excluding carboxylic acids is 1. The van der Waals surface area contributed by atoms with E-state index in [1.807, 2.05) is 68.4 Å². The van der Waals surface area contributed by atoms with Gasteiger partial charge in [0.25, 0.3) is 5.91 Å². The smallest absolute Gasteiger partial charge is 0.290 e. The fraction of sp³-hybridized carbons (Fsp3) is 0.241. The monoisotopic (exact) mass is 469 g/mol. The summed E-state index contributed by atoms with van der Waals surface area (Å²) in [4.78, 5) is 29.0. The van der Waals surface area contributed by atoms with Crippen molar-refractivity contribution in [3.8, 4) is 11.5 Å². The SMILES string of the molecule is COc1ccc(CCN2C(=O)c3oc4ccc(C)cc4c(=O)c3[C@H]2c2ccc(C)cc2)cc1OC. The number of rotatable bonds is 6. The molecule has 1 aliphatic rings. The molecule has 5 rings (SSSR count). The molecular weight excluding hydrogens is 442 g/mol. The van der Waals surface area contributed by atoms with Crippen LogP contribution in [0, 0.1) is 13.8 Å². The van der Waals surface area contributed by atoms with Gasteiger partial charge in [0.2, 0.25) is 5.76 Å². The lowest BCUT2D eigenvalue weighted by molar-refractivity contribution is 0.0730. The maximum atomic E-state index is 13.7. The largest absolute Gasteiger partial charge is 0.493 e. The molecule has 0 bridgehead atoms.